The zero-order valence-electron chi connectivity index (χ0n) is 19.9. The first-order valence-electron chi connectivity index (χ1n) is 12.3. The SMILES string of the molecule is O=C(O)CCC(=O)Nc1cccc(C2OC(CN3CCCCC3)CC(c3ccc(CO)cc3)O2)c1. The van der Waals surface area contributed by atoms with E-state index >= 15 is 0 Å². The Morgan fingerprint density at radius 2 is 1.74 bits per heavy atom. The van der Waals surface area contributed by atoms with E-state index in [4.69, 9.17) is 14.6 Å². The molecule has 8 nitrogen and oxygen atoms in total. The quantitative estimate of drug-likeness (QED) is 0.495. The molecular formula is C27H34N2O6. The summed E-state index contributed by atoms with van der Waals surface area (Å²) in [6.45, 7) is 3.01. The van der Waals surface area contributed by atoms with E-state index < -0.39 is 12.3 Å². The average molecular weight is 483 g/mol. The monoisotopic (exact) mass is 482 g/mol. The number of benzene rings is 2. The first kappa shape index (κ1) is 25.3. The third-order valence-electron chi connectivity index (χ3n) is 6.53. The highest BCUT2D eigenvalue weighted by atomic mass is 16.7. The summed E-state index contributed by atoms with van der Waals surface area (Å²) in [6.07, 6.45) is 3.36. The molecule has 1 amide bonds. The van der Waals surface area contributed by atoms with Crippen LogP contribution in [0.3, 0.4) is 0 Å². The molecule has 4 rings (SSSR count). The Hall–Kier alpha value is -2.78. The van der Waals surface area contributed by atoms with Gasteiger partial charge in [-0.2, -0.15) is 0 Å². The van der Waals surface area contributed by atoms with Crippen LogP contribution in [0.25, 0.3) is 0 Å². The normalized spacial score (nSPS) is 23.1. The molecule has 2 heterocycles. The second-order valence-corrected chi connectivity index (χ2v) is 9.28. The molecule has 0 aliphatic carbocycles. The maximum atomic E-state index is 12.1. The van der Waals surface area contributed by atoms with Gasteiger partial charge in [0, 0.05) is 30.6 Å². The summed E-state index contributed by atoms with van der Waals surface area (Å²) in [5.74, 6) is -1.35. The first-order valence-corrected chi connectivity index (χ1v) is 12.3. The van der Waals surface area contributed by atoms with Gasteiger partial charge in [0.2, 0.25) is 5.91 Å². The zero-order valence-corrected chi connectivity index (χ0v) is 19.9. The van der Waals surface area contributed by atoms with E-state index in [0.717, 1.165) is 42.7 Å². The van der Waals surface area contributed by atoms with Gasteiger partial charge < -0.3 is 29.9 Å². The van der Waals surface area contributed by atoms with E-state index in [1.807, 2.05) is 42.5 Å². The minimum atomic E-state index is -1.00. The number of piperidine rings is 1. The molecule has 0 saturated carbocycles. The van der Waals surface area contributed by atoms with Crippen molar-refractivity contribution >= 4 is 17.6 Å². The van der Waals surface area contributed by atoms with Crippen molar-refractivity contribution in [1.29, 1.82) is 0 Å². The molecule has 0 aromatic heterocycles. The van der Waals surface area contributed by atoms with Gasteiger partial charge in [-0.05, 0) is 49.2 Å². The summed E-state index contributed by atoms with van der Waals surface area (Å²) in [5.41, 5.74) is 3.26. The summed E-state index contributed by atoms with van der Waals surface area (Å²) < 4.78 is 12.8. The molecule has 2 fully saturated rings. The Kier molecular flexibility index (Phi) is 8.87. The molecule has 2 aromatic rings. The molecular weight excluding hydrogens is 448 g/mol. The predicted molar refractivity (Wildman–Crippen MR) is 131 cm³/mol. The van der Waals surface area contributed by atoms with Gasteiger partial charge >= 0.3 is 5.97 Å². The predicted octanol–water partition coefficient (Wildman–Crippen LogP) is 4.01. The molecule has 2 saturated heterocycles. The molecule has 188 valence electrons. The smallest absolute Gasteiger partial charge is 0.303 e. The second-order valence-electron chi connectivity index (χ2n) is 9.28. The van der Waals surface area contributed by atoms with Crippen molar-refractivity contribution in [3.05, 3.63) is 65.2 Å². The largest absolute Gasteiger partial charge is 0.481 e. The molecule has 0 radical (unpaired) electrons. The zero-order chi connectivity index (χ0) is 24.6. The van der Waals surface area contributed by atoms with Crippen LogP contribution in [0.2, 0.25) is 0 Å². The van der Waals surface area contributed by atoms with Crippen molar-refractivity contribution in [2.75, 3.05) is 25.0 Å². The van der Waals surface area contributed by atoms with E-state index in [-0.39, 0.29) is 37.6 Å². The Labute approximate surface area is 205 Å². The number of nitrogens with one attached hydrogen (secondary N) is 1. The number of aliphatic hydroxyl groups excluding tert-OH is 1. The Bertz CT molecular complexity index is 989. The maximum absolute atomic E-state index is 12.1. The number of ether oxygens (including phenoxy) is 2. The Morgan fingerprint density at radius 3 is 2.46 bits per heavy atom. The molecule has 3 atom stereocenters. The van der Waals surface area contributed by atoms with Crippen molar-refractivity contribution in [3.63, 3.8) is 0 Å². The molecule has 8 heteroatoms. The van der Waals surface area contributed by atoms with E-state index in [2.05, 4.69) is 10.2 Å². The van der Waals surface area contributed by atoms with E-state index in [1.54, 1.807) is 6.07 Å². The summed E-state index contributed by atoms with van der Waals surface area (Å²) in [7, 11) is 0. The highest BCUT2D eigenvalue weighted by molar-refractivity contribution is 5.92. The third-order valence-corrected chi connectivity index (χ3v) is 6.53. The lowest BCUT2D eigenvalue weighted by atomic mass is 9.99. The number of anilines is 1. The standard InChI is InChI=1S/C27H34N2O6/c30-18-19-7-9-20(10-8-19)24-16-23(17-29-13-2-1-3-14-29)34-27(35-24)21-5-4-6-22(15-21)28-25(31)11-12-26(32)33/h4-10,15,23-24,27,30H,1-3,11-14,16-18H2,(H,28,31)(H,32,33). The summed E-state index contributed by atoms with van der Waals surface area (Å²) >= 11 is 0. The van der Waals surface area contributed by atoms with Gasteiger partial charge in [0.1, 0.15) is 0 Å². The Balaban J connectivity index is 1.50. The van der Waals surface area contributed by atoms with Crippen LogP contribution in [0, 0.1) is 0 Å². The molecule has 2 aromatic carbocycles. The van der Waals surface area contributed by atoms with E-state index in [0.29, 0.717) is 5.69 Å². The lowest BCUT2D eigenvalue weighted by molar-refractivity contribution is -0.253. The van der Waals surface area contributed by atoms with Crippen LogP contribution in [0.4, 0.5) is 5.69 Å². The van der Waals surface area contributed by atoms with Gasteiger partial charge in [0.05, 0.1) is 25.2 Å². The number of nitrogens with zero attached hydrogens (tertiary/aromatic N) is 1. The van der Waals surface area contributed by atoms with Crippen LogP contribution < -0.4 is 5.32 Å². The topological polar surface area (TPSA) is 108 Å². The summed E-state index contributed by atoms with van der Waals surface area (Å²) in [6, 6.07) is 15.1. The summed E-state index contributed by atoms with van der Waals surface area (Å²) in [4.78, 5) is 25.3. The molecule has 35 heavy (non-hydrogen) atoms. The van der Waals surface area contributed by atoms with Crippen molar-refractivity contribution < 1.29 is 29.3 Å². The van der Waals surface area contributed by atoms with Crippen LogP contribution in [0.5, 0.6) is 0 Å². The number of carboxylic acid groups (broad SMARTS) is 1. The molecule has 3 N–H and O–H groups in total. The molecule has 0 spiro atoms. The minimum Gasteiger partial charge on any atom is -0.481 e. The number of hydrogen-bond acceptors (Lipinski definition) is 6. The number of amides is 1. The van der Waals surface area contributed by atoms with Crippen molar-refractivity contribution in [2.45, 2.75) is 63.6 Å². The van der Waals surface area contributed by atoms with Crippen molar-refractivity contribution in [3.8, 4) is 0 Å². The number of carbonyl (C=O) groups is 2. The highest BCUT2D eigenvalue weighted by Crippen LogP contribution is 2.38. The molecule has 2 aliphatic rings. The van der Waals surface area contributed by atoms with Crippen molar-refractivity contribution in [1.82, 2.24) is 4.90 Å². The maximum Gasteiger partial charge on any atom is 0.303 e. The number of rotatable bonds is 9. The van der Waals surface area contributed by atoms with Crippen molar-refractivity contribution in [2.24, 2.45) is 0 Å². The average Bonchev–Trinajstić information content (AvgIpc) is 2.88. The number of carboxylic acids is 1. The van der Waals surface area contributed by atoms with Crippen LogP contribution in [-0.4, -0.2) is 52.7 Å². The Morgan fingerprint density at radius 1 is 0.971 bits per heavy atom. The number of hydrogen-bond donors (Lipinski definition) is 3. The first-order chi connectivity index (χ1) is 17.0. The minimum absolute atomic E-state index is 0.000101. The second kappa shape index (κ2) is 12.3. The lowest BCUT2D eigenvalue weighted by Gasteiger charge is -2.39. The molecule has 3 unspecified atom stereocenters. The van der Waals surface area contributed by atoms with Gasteiger partial charge in [-0.25, -0.2) is 0 Å². The molecule has 2 aliphatic heterocycles. The van der Waals surface area contributed by atoms with Gasteiger partial charge in [0.25, 0.3) is 0 Å². The van der Waals surface area contributed by atoms with Crippen LogP contribution in [0.15, 0.2) is 48.5 Å². The van der Waals surface area contributed by atoms with Gasteiger partial charge in [-0.15, -0.1) is 0 Å². The third kappa shape index (κ3) is 7.35. The fourth-order valence-corrected chi connectivity index (χ4v) is 4.67. The molecule has 0 bridgehead atoms. The lowest BCUT2D eigenvalue weighted by Crippen LogP contribution is -2.41. The number of aliphatic hydroxyl groups is 1. The van der Waals surface area contributed by atoms with Crippen LogP contribution >= 0.6 is 0 Å². The summed E-state index contributed by atoms with van der Waals surface area (Å²) in [5, 5.41) is 21.0. The van der Waals surface area contributed by atoms with Crippen LogP contribution in [0.1, 0.15) is 67.6 Å². The number of aliphatic carboxylic acids is 1. The van der Waals surface area contributed by atoms with Gasteiger partial charge in [0.15, 0.2) is 6.29 Å². The fourth-order valence-electron chi connectivity index (χ4n) is 4.67. The number of carbonyl (C=O) groups excluding carboxylic acids is 1. The van der Waals surface area contributed by atoms with Crippen LogP contribution in [-0.2, 0) is 25.7 Å². The van der Waals surface area contributed by atoms with Gasteiger partial charge in [-0.1, -0.05) is 42.8 Å². The van der Waals surface area contributed by atoms with Gasteiger partial charge in [-0.3, -0.25) is 9.59 Å². The van der Waals surface area contributed by atoms with E-state index in [9.17, 15) is 14.7 Å². The highest BCUT2D eigenvalue weighted by Gasteiger charge is 2.33. The fraction of sp³-hybridized carbons (Fsp3) is 0.481. The number of likely N-dealkylation sites (tertiary alicyclic amines) is 1. The van der Waals surface area contributed by atoms with E-state index in [1.165, 1.54) is 19.3 Å².